The molecule has 0 saturated carbocycles. The predicted molar refractivity (Wildman–Crippen MR) is 98.5 cm³/mol. The van der Waals surface area contributed by atoms with E-state index in [1.165, 1.54) is 11.3 Å². The van der Waals surface area contributed by atoms with Crippen molar-refractivity contribution >= 4 is 54.2 Å². The molecule has 130 valence electrons. The molecular weight excluding hydrogens is 383 g/mol. The lowest BCUT2D eigenvalue weighted by Gasteiger charge is -2.04. The SMILES string of the molecule is CSc1cccc2sc(NC(=O)CS(=O)(=O)c3ccc(F)cc3)nc12. The molecule has 0 fully saturated rings. The normalized spacial score (nSPS) is 11.6. The van der Waals surface area contributed by atoms with Crippen LogP contribution in [0.1, 0.15) is 0 Å². The van der Waals surface area contributed by atoms with Crippen molar-refractivity contribution in [3.8, 4) is 0 Å². The molecule has 0 unspecified atom stereocenters. The van der Waals surface area contributed by atoms with Gasteiger partial charge < -0.3 is 5.32 Å². The summed E-state index contributed by atoms with van der Waals surface area (Å²) in [5.74, 6) is -1.96. The maximum absolute atomic E-state index is 12.9. The monoisotopic (exact) mass is 396 g/mol. The number of aromatic nitrogens is 1. The molecule has 1 aromatic heterocycles. The van der Waals surface area contributed by atoms with Crippen molar-refractivity contribution in [3.05, 3.63) is 48.3 Å². The minimum absolute atomic E-state index is 0.0991. The van der Waals surface area contributed by atoms with Gasteiger partial charge in [0.15, 0.2) is 15.0 Å². The number of amides is 1. The predicted octanol–water partition coefficient (Wildman–Crippen LogP) is 3.57. The first kappa shape index (κ1) is 17.8. The Balaban J connectivity index is 1.77. The van der Waals surface area contributed by atoms with Crippen molar-refractivity contribution in [2.45, 2.75) is 9.79 Å². The Hall–Kier alpha value is -1.97. The van der Waals surface area contributed by atoms with Crippen molar-refractivity contribution in [1.29, 1.82) is 0 Å². The molecule has 0 atom stereocenters. The van der Waals surface area contributed by atoms with E-state index in [1.807, 2.05) is 24.5 Å². The fourth-order valence-corrected chi connectivity index (χ4v) is 4.87. The number of thioether (sulfide) groups is 1. The molecular formula is C16H13FN2O3S3. The highest BCUT2D eigenvalue weighted by atomic mass is 32.2. The molecule has 2 aromatic carbocycles. The number of carbonyl (C=O) groups is 1. The number of anilines is 1. The van der Waals surface area contributed by atoms with Crippen LogP contribution in [0.3, 0.4) is 0 Å². The summed E-state index contributed by atoms with van der Waals surface area (Å²) >= 11 is 2.82. The van der Waals surface area contributed by atoms with Gasteiger partial charge in [-0.2, -0.15) is 0 Å². The Bertz CT molecular complexity index is 1030. The van der Waals surface area contributed by atoms with E-state index in [2.05, 4.69) is 10.3 Å². The standard InChI is InChI=1S/C16H13FN2O3S3/c1-23-12-3-2-4-13-15(12)19-16(24-13)18-14(20)9-25(21,22)11-7-5-10(17)6-8-11/h2-8H,9H2,1H3,(H,18,19,20). The van der Waals surface area contributed by atoms with Crippen LogP contribution in [0.2, 0.25) is 0 Å². The van der Waals surface area contributed by atoms with E-state index < -0.39 is 27.3 Å². The van der Waals surface area contributed by atoms with E-state index in [1.54, 1.807) is 11.8 Å². The number of sulfone groups is 1. The van der Waals surface area contributed by atoms with E-state index in [0.717, 1.165) is 39.4 Å². The molecule has 0 spiro atoms. The van der Waals surface area contributed by atoms with Gasteiger partial charge in [0.2, 0.25) is 5.91 Å². The third-order valence-electron chi connectivity index (χ3n) is 3.34. The van der Waals surface area contributed by atoms with Gasteiger partial charge in [0.05, 0.1) is 15.1 Å². The Kier molecular flexibility index (Phi) is 5.07. The molecule has 3 aromatic rings. The summed E-state index contributed by atoms with van der Waals surface area (Å²) in [5.41, 5.74) is 0.775. The van der Waals surface area contributed by atoms with Crippen molar-refractivity contribution in [2.24, 2.45) is 0 Å². The van der Waals surface area contributed by atoms with Crippen LogP contribution in [0.5, 0.6) is 0 Å². The van der Waals surface area contributed by atoms with Gasteiger partial charge in [0, 0.05) is 4.90 Å². The summed E-state index contributed by atoms with van der Waals surface area (Å²) in [6.45, 7) is 0. The van der Waals surface area contributed by atoms with Crippen LogP contribution < -0.4 is 5.32 Å². The quantitative estimate of drug-likeness (QED) is 0.527. The van der Waals surface area contributed by atoms with Crippen molar-refractivity contribution in [2.75, 3.05) is 17.3 Å². The minimum Gasteiger partial charge on any atom is -0.301 e. The molecule has 25 heavy (non-hydrogen) atoms. The number of hydrogen-bond acceptors (Lipinski definition) is 6. The van der Waals surface area contributed by atoms with Crippen LogP contribution >= 0.6 is 23.1 Å². The molecule has 0 aliphatic heterocycles. The van der Waals surface area contributed by atoms with Gasteiger partial charge in [-0.05, 0) is 42.7 Å². The fraction of sp³-hybridized carbons (Fsp3) is 0.125. The van der Waals surface area contributed by atoms with Gasteiger partial charge in [-0.3, -0.25) is 4.79 Å². The summed E-state index contributed by atoms with van der Waals surface area (Å²) in [7, 11) is -3.85. The lowest BCUT2D eigenvalue weighted by molar-refractivity contribution is -0.113. The summed E-state index contributed by atoms with van der Waals surface area (Å²) in [5, 5.41) is 2.87. The number of nitrogens with one attached hydrogen (secondary N) is 1. The molecule has 1 heterocycles. The second kappa shape index (κ2) is 7.11. The van der Waals surface area contributed by atoms with Gasteiger partial charge in [-0.25, -0.2) is 17.8 Å². The molecule has 1 N–H and O–H groups in total. The molecule has 5 nitrogen and oxygen atoms in total. The third kappa shape index (κ3) is 4.00. The number of rotatable bonds is 5. The summed E-state index contributed by atoms with van der Waals surface area (Å²) in [4.78, 5) is 17.3. The number of thiazole rings is 1. The second-order valence-corrected chi connectivity index (χ2v) is 8.96. The number of benzene rings is 2. The zero-order chi connectivity index (χ0) is 18.0. The number of para-hydroxylation sites is 1. The molecule has 0 bridgehead atoms. The van der Waals surface area contributed by atoms with Gasteiger partial charge in [-0.1, -0.05) is 17.4 Å². The van der Waals surface area contributed by atoms with Gasteiger partial charge in [-0.15, -0.1) is 11.8 Å². The summed E-state index contributed by atoms with van der Waals surface area (Å²) < 4.78 is 38.2. The van der Waals surface area contributed by atoms with Crippen molar-refractivity contribution in [1.82, 2.24) is 4.98 Å². The first-order chi connectivity index (χ1) is 11.9. The number of nitrogens with zero attached hydrogens (tertiary/aromatic N) is 1. The summed E-state index contributed by atoms with van der Waals surface area (Å²) in [6.07, 6.45) is 1.93. The number of carbonyl (C=O) groups excluding carboxylic acids is 1. The average Bonchev–Trinajstić information content (AvgIpc) is 2.96. The van der Waals surface area contributed by atoms with Crippen LogP contribution in [-0.2, 0) is 14.6 Å². The third-order valence-corrected chi connectivity index (χ3v) is 6.68. The first-order valence-electron chi connectivity index (χ1n) is 7.11. The maximum atomic E-state index is 12.9. The van der Waals surface area contributed by atoms with Gasteiger partial charge in [0.1, 0.15) is 11.6 Å². The largest absolute Gasteiger partial charge is 0.301 e. The molecule has 3 rings (SSSR count). The molecule has 1 amide bonds. The Morgan fingerprint density at radius 2 is 1.96 bits per heavy atom. The van der Waals surface area contributed by atoms with Gasteiger partial charge in [0.25, 0.3) is 0 Å². The van der Waals surface area contributed by atoms with E-state index in [9.17, 15) is 17.6 Å². The average molecular weight is 396 g/mol. The highest BCUT2D eigenvalue weighted by molar-refractivity contribution is 7.98. The number of hydrogen-bond donors (Lipinski definition) is 1. The Morgan fingerprint density at radius 3 is 2.64 bits per heavy atom. The Labute approximate surface area is 152 Å². The molecule has 0 aliphatic rings. The van der Waals surface area contributed by atoms with Crippen molar-refractivity contribution in [3.63, 3.8) is 0 Å². The van der Waals surface area contributed by atoms with E-state index >= 15 is 0 Å². The van der Waals surface area contributed by atoms with E-state index in [-0.39, 0.29) is 4.90 Å². The van der Waals surface area contributed by atoms with E-state index in [4.69, 9.17) is 0 Å². The van der Waals surface area contributed by atoms with Gasteiger partial charge >= 0.3 is 0 Å². The molecule has 0 aliphatic carbocycles. The highest BCUT2D eigenvalue weighted by Crippen LogP contribution is 2.32. The Morgan fingerprint density at radius 1 is 1.24 bits per heavy atom. The highest BCUT2D eigenvalue weighted by Gasteiger charge is 2.20. The zero-order valence-corrected chi connectivity index (χ0v) is 15.5. The van der Waals surface area contributed by atoms with Crippen LogP contribution in [0.4, 0.5) is 9.52 Å². The van der Waals surface area contributed by atoms with Crippen molar-refractivity contribution < 1.29 is 17.6 Å². The van der Waals surface area contributed by atoms with Crippen LogP contribution in [-0.4, -0.2) is 31.3 Å². The number of fused-ring (bicyclic) bond motifs is 1. The molecule has 0 radical (unpaired) electrons. The summed E-state index contributed by atoms with van der Waals surface area (Å²) in [6, 6.07) is 10.1. The lowest BCUT2D eigenvalue weighted by atomic mass is 10.3. The number of halogens is 1. The molecule has 9 heteroatoms. The topological polar surface area (TPSA) is 76.1 Å². The van der Waals surface area contributed by atoms with Crippen LogP contribution in [0, 0.1) is 5.82 Å². The van der Waals surface area contributed by atoms with Crippen LogP contribution in [0.25, 0.3) is 10.2 Å². The maximum Gasteiger partial charge on any atom is 0.241 e. The van der Waals surface area contributed by atoms with E-state index in [0.29, 0.717) is 5.13 Å². The zero-order valence-electron chi connectivity index (χ0n) is 13.0. The second-order valence-electron chi connectivity index (χ2n) is 5.09. The lowest BCUT2D eigenvalue weighted by Crippen LogP contribution is -2.22. The first-order valence-corrected chi connectivity index (χ1v) is 10.8. The molecule has 0 saturated heterocycles. The fourth-order valence-electron chi connectivity index (χ4n) is 2.19. The minimum atomic E-state index is -3.85. The van der Waals surface area contributed by atoms with Crippen LogP contribution in [0.15, 0.2) is 52.3 Å². The smallest absolute Gasteiger partial charge is 0.241 e.